The van der Waals surface area contributed by atoms with Crippen LogP contribution < -0.4 is 0 Å². The van der Waals surface area contributed by atoms with Crippen LogP contribution in [0.25, 0.3) is 10.8 Å². The van der Waals surface area contributed by atoms with Crippen LogP contribution in [0.5, 0.6) is 0 Å². The average molecular weight is 399 g/mol. The normalized spacial score (nSPS) is 33.6. The zero-order valence-corrected chi connectivity index (χ0v) is 15.5. The molecule has 0 aliphatic carbocycles. The van der Waals surface area contributed by atoms with Crippen LogP contribution in [0.4, 0.5) is 4.39 Å². The molecule has 1 spiro atoms. The molecule has 3 aliphatic rings. The van der Waals surface area contributed by atoms with Crippen LogP contribution in [0.15, 0.2) is 41.7 Å². The molecule has 1 aromatic heterocycles. The van der Waals surface area contributed by atoms with E-state index in [0.29, 0.717) is 11.4 Å². The topological polar surface area (TPSA) is 101 Å². The Kier molecular flexibility index (Phi) is 3.70. The Bertz CT molecular complexity index is 1070. The molecule has 0 radical (unpaired) electrons. The van der Waals surface area contributed by atoms with Crippen LogP contribution in [0.2, 0.25) is 0 Å². The molecular weight excluding hydrogens is 381 g/mol. The molecule has 3 aliphatic heterocycles. The van der Waals surface area contributed by atoms with Crippen LogP contribution in [0, 0.1) is 0 Å². The van der Waals surface area contributed by atoms with Gasteiger partial charge in [-0.2, -0.15) is 0 Å². The van der Waals surface area contributed by atoms with Crippen molar-refractivity contribution < 1.29 is 28.7 Å². The Morgan fingerprint density at radius 2 is 2.10 bits per heavy atom. The number of halogens is 1. The summed E-state index contributed by atoms with van der Waals surface area (Å²) in [4.78, 5) is 35.9. The van der Waals surface area contributed by atoms with Gasteiger partial charge in [0.05, 0.1) is 18.2 Å². The van der Waals surface area contributed by atoms with E-state index in [1.165, 1.54) is 4.90 Å². The third-order valence-corrected chi connectivity index (χ3v) is 6.08. The molecule has 4 atom stereocenters. The van der Waals surface area contributed by atoms with Crippen molar-refractivity contribution >= 4 is 28.4 Å². The van der Waals surface area contributed by atoms with Gasteiger partial charge in [-0.15, -0.1) is 0 Å². The van der Waals surface area contributed by atoms with E-state index < -0.39 is 42.0 Å². The molecule has 150 valence electrons. The molecule has 0 bridgehead atoms. The zero-order chi connectivity index (χ0) is 20.4. The van der Waals surface area contributed by atoms with Gasteiger partial charge in [-0.1, -0.05) is 29.4 Å². The number of β-lactam (4-membered cyclic amide) rings is 1. The summed E-state index contributed by atoms with van der Waals surface area (Å²) in [6, 6.07) is 7.95. The molecule has 9 heteroatoms. The zero-order valence-electron chi connectivity index (χ0n) is 15.5. The minimum Gasteiger partial charge on any atom is -0.428 e. The number of hydrogen-bond donors (Lipinski definition) is 1. The highest BCUT2D eigenvalue weighted by Gasteiger charge is 2.69. The van der Waals surface area contributed by atoms with E-state index in [9.17, 15) is 19.1 Å². The molecule has 1 amide bonds. The number of ether oxygens (including phenoxy) is 1. The number of alkyl halides is 1. The fourth-order valence-electron chi connectivity index (χ4n) is 4.46. The predicted octanol–water partition coefficient (Wildman–Crippen LogP) is 1.30. The SMILES string of the molecule is CC1N([C@H]2CC(=O)O[C@@]2(O)CF)C(=O)[C@@]12CC(c1nccc3ccccc13)=NO2. The summed E-state index contributed by atoms with van der Waals surface area (Å²) in [6.45, 7) is 0.424. The maximum atomic E-state index is 13.4. The maximum absolute atomic E-state index is 13.4. The number of hydrogen-bond acceptors (Lipinski definition) is 7. The van der Waals surface area contributed by atoms with Gasteiger partial charge in [0.15, 0.2) is 6.67 Å². The number of aliphatic hydroxyl groups is 1. The Morgan fingerprint density at radius 1 is 1.31 bits per heavy atom. The van der Waals surface area contributed by atoms with Crippen molar-refractivity contribution in [2.75, 3.05) is 6.67 Å². The van der Waals surface area contributed by atoms with Crippen molar-refractivity contribution in [3.63, 3.8) is 0 Å². The van der Waals surface area contributed by atoms with Crippen molar-refractivity contribution in [1.82, 2.24) is 9.88 Å². The Labute approximate surface area is 164 Å². The standard InChI is InChI=1S/C20H18FN3O5/c1-11-19(18(26)24(11)15-8-16(25)28-20(15,27)10-21)9-14(23-29-19)17-13-5-3-2-4-12(13)6-7-22-17/h2-7,11,15,27H,8-10H2,1H3/t11?,15-,19+,20-/m0/s1. The summed E-state index contributed by atoms with van der Waals surface area (Å²) in [7, 11) is 0. The molecule has 4 heterocycles. The number of oxime groups is 1. The minimum atomic E-state index is -2.33. The fraction of sp³-hybridized carbons (Fsp3) is 0.400. The lowest BCUT2D eigenvalue weighted by Crippen LogP contribution is -2.77. The van der Waals surface area contributed by atoms with Gasteiger partial charge in [-0.05, 0) is 18.4 Å². The van der Waals surface area contributed by atoms with Gasteiger partial charge in [0.2, 0.25) is 5.60 Å². The molecule has 1 unspecified atom stereocenters. The molecule has 8 nitrogen and oxygen atoms in total. The largest absolute Gasteiger partial charge is 0.428 e. The van der Waals surface area contributed by atoms with E-state index in [-0.39, 0.29) is 12.8 Å². The third kappa shape index (κ3) is 2.33. The van der Waals surface area contributed by atoms with Gasteiger partial charge in [0, 0.05) is 18.0 Å². The molecule has 2 fully saturated rings. The van der Waals surface area contributed by atoms with Crippen LogP contribution in [0.1, 0.15) is 25.5 Å². The first kappa shape index (κ1) is 18.0. The van der Waals surface area contributed by atoms with Gasteiger partial charge in [-0.25, -0.2) is 4.39 Å². The molecule has 29 heavy (non-hydrogen) atoms. The number of aromatic nitrogens is 1. The molecule has 2 aromatic rings. The van der Waals surface area contributed by atoms with Gasteiger partial charge >= 0.3 is 5.97 Å². The summed E-state index contributed by atoms with van der Waals surface area (Å²) in [5.74, 6) is -3.54. The smallest absolute Gasteiger partial charge is 0.310 e. The van der Waals surface area contributed by atoms with Crippen molar-refractivity contribution in [2.45, 2.75) is 43.2 Å². The van der Waals surface area contributed by atoms with Crippen LogP contribution in [0.3, 0.4) is 0 Å². The number of esters is 1. The quantitative estimate of drug-likeness (QED) is 0.617. The summed E-state index contributed by atoms with van der Waals surface area (Å²) < 4.78 is 18.1. The Morgan fingerprint density at radius 3 is 2.86 bits per heavy atom. The van der Waals surface area contributed by atoms with Crippen LogP contribution in [-0.4, -0.2) is 62.7 Å². The number of benzene rings is 1. The van der Waals surface area contributed by atoms with Gasteiger partial charge in [0.1, 0.15) is 11.8 Å². The first-order valence-corrected chi connectivity index (χ1v) is 9.32. The van der Waals surface area contributed by atoms with E-state index in [4.69, 9.17) is 9.57 Å². The Balaban J connectivity index is 1.42. The molecular formula is C20H18FN3O5. The van der Waals surface area contributed by atoms with E-state index >= 15 is 0 Å². The second-order valence-corrected chi connectivity index (χ2v) is 7.64. The summed E-state index contributed by atoms with van der Waals surface area (Å²) >= 11 is 0. The second-order valence-electron chi connectivity index (χ2n) is 7.64. The number of cyclic esters (lactones) is 1. The highest BCUT2D eigenvalue weighted by molar-refractivity contribution is 6.13. The number of fused-ring (bicyclic) bond motifs is 1. The van der Waals surface area contributed by atoms with Crippen LogP contribution >= 0.6 is 0 Å². The maximum Gasteiger partial charge on any atom is 0.310 e. The van der Waals surface area contributed by atoms with Crippen molar-refractivity contribution in [2.24, 2.45) is 5.16 Å². The second kappa shape index (κ2) is 5.96. The first-order valence-electron chi connectivity index (χ1n) is 9.32. The first-order chi connectivity index (χ1) is 13.9. The summed E-state index contributed by atoms with van der Waals surface area (Å²) in [6.07, 6.45) is 1.59. The lowest BCUT2D eigenvalue weighted by Gasteiger charge is -2.54. The highest BCUT2D eigenvalue weighted by atomic mass is 19.1. The minimum absolute atomic E-state index is 0.195. The lowest BCUT2D eigenvalue weighted by atomic mass is 9.76. The monoisotopic (exact) mass is 399 g/mol. The van der Waals surface area contributed by atoms with E-state index in [2.05, 4.69) is 10.1 Å². The number of carbonyl (C=O) groups is 2. The molecule has 1 aromatic carbocycles. The lowest BCUT2D eigenvalue weighted by molar-refractivity contribution is -0.242. The molecule has 5 rings (SSSR count). The van der Waals surface area contributed by atoms with Gasteiger partial charge in [-0.3, -0.25) is 14.6 Å². The van der Waals surface area contributed by atoms with Crippen molar-refractivity contribution in [1.29, 1.82) is 0 Å². The third-order valence-electron chi connectivity index (χ3n) is 6.08. The number of carbonyl (C=O) groups excluding carboxylic acids is 2. The van der Waals surface area contributed by atoms with E-state index in [1.807, 2.05) is 30.3 Å². The van der Waals surface area contributed by atoms with Crippen molar-refractivity contribution in [3.05, 3.63) is 42.2 Å². The molecule has 1 N–H and O–H groups in total. The number of likely N-dealkylation sites (tertiary alicyclic amines) is 1. The van der Waals surface area contributed by atoms with E-state index in [1.54, 1.807) is 13.1 Å². The number of pyridine rings is 1. The number of amides is 1. The summed E-state index contributed by atoms with van der Waals surface area (Å²) in [5, 5.41) is 16.3. The number of nitrogens with zero attached hydrogens (tertiary/aromatic N) is 3. The molecule has 2 saturated heterocycles. The van der Waals surface area contributed by atoms with Gasteiger partial charge < -0.3 is 19.6 Å². The van der Waals surface area contributed by atoms with Crippen LogP contribution in [-0.2, 0) is 19.2 Å². The highest BCUT2D eigenvalue weighted by Crippen LogP contribution is 2.47. The predicted molar refractivity (Wildman–Crippen MR) is 98.4 cm³/mol. The fourth-order valence-corrected chi connectivity index (χ4v) is 4.46. The van der Waals surface area contributed by atoms with Gasteiger partial charge in [0.25, 0.3) is 11.7 Å². The molecule has 0 saturated carbocycles. The van der Waals surface area contributed by atoms with E-state index in [0.717, 1.165) is 10.8 Å². The Hall–Kier alpha value is -3.07. The number of rotatable bonds is 3. The summed E-state index contributed by atoms with van der Waals surface area (Å²) in [5.41, 5.74) is -0.0733. The average Bonchev–Trinajstić information content (AvgIpc) is 3.31. The van der Waals surface area contributed by atoms with Crippen molar-refractivity contribution in [3.8, 4) is 0 Å².